The zero-order valence-electron chi connectivity index (χ0n) is 6.92. The van der Waals surface area contributed by atoms with Crippen molar-refractivity contribution < 1.29 is 9.53 Å². The summed E-state index contributed by atoms with van der Waals surface area (Å²) in [5, 5.41) is 0. The first-order chi connectivity index (χ1) is 6.25. The summed E-state index contributed by atoms with van der Waals surface area (Å²) < 4.78 is 5.96. The molecule has 2 rings (SSSR count). The largest absolute Gasteiger partial charge is 0.407 e. The van der Waals surface area contributed by atoms with Gasteiger partial charge < -0.3 is 4.74 Å². The number of halogens is 1. The maximum Gasteiger partial charge on any atom is 0.312 e. The third kappa shape index (κ3) is 1.88. The first-order valence-electron chi connectivity index (χ1n) is 4.11. The number of hydrogen-bond donors (Lipinski definition) is 0. The molecule has 0 radical (unpaired) electrons. The lowest BCUT2D eigenvalue weighted by atomic mass is 10.1. The van der Waals surface area contributed by atoms with Crippen LogP contribution >= 0.6 is 15.9 Å². The van der Waals surface area contributed by atoms with Crippen LogP contribution < -0.4 is 4.74 Å². The third-order valence-electron chi connectivity index (χ3n) is 1.93. The Morgan fingerprint density at radius 2 is 2.31 bits per heavy atom. The number of rotatable bonds is 0. The van der Waals surface area contributed by atoms with Crippen LogP contribution in [-0.4, -0.2) is 11.0 Å². The van der Waals surface area contributed by atoms with Gasteiger partial charge in [-0.15, -0.1) is 0 Å². The van der Waals surface area contributed by atoms with Crippen molar-refractivity contribution >= 4 is 21.9 Å². The minimum Gasteiger partial charge on any atom is -0.407 e. The lowest BCUT2D eigenvalue weighted by molar-refractivity contribution is -0.134. The van der Waals surface area contributed by atoms with E-state index in [1.165, 1.54) is 0 Å². The predicted octanol–water partition coefficient (Wildman–Crippen LogP) is 2.09. The molecule has 13 heavy (non-hydrogen) atoms. The van der Waals surface area contributed by atoms with Crippen LogP contribution in [0.2, 0.25) is 0 Å². The summed E-state index contributed by atoms with van der Waals surface area (Å²) in [6, 6.07) is 1.95. The number of esters is 1. The second kappa shape index (κ2) is 3.46. The molecular weight excluding hydrogens is 234 g/mol. The van der Waals surface area contributed by atoms with Gasteiger partial charge in [0.1, 0.15) is 0 Å². The SMILES string of the molecule is O=C1CCCc2cc(Br)cnc2O1. The standard InChI is InChI=1S/C9H8BrNO2/c10-7-4-6-2-1-3-8(12)13-9(6)11-5-7/h4-5H,1-3H2. The number of carbonyl (C=O) groups is 1. The Labute approximate surface area is 84.2 Å². The van der Waals surface area contributed by atoms with E-state index >= 15 is 0 Å². The number of carbonyl (C=O) groups excluding carboxylic acids is 1. The van der Waals surface area contributed by atoms with E-state index in [2.05, 4.69) is 20.9 Å². The molecule has 0 atom stereocenters. The van der Waals surface area contributed by atoms with Gasteiger partial charge in [-0.05, 0) is 34.8 Å². The van der Waals surface area contributed by atoms with Crippen molar-refractivity contribution in [2.45, 2.75) is 19.3 Å². The maximum atomic E-state index is 11.1. The van der Waals surface area contributed by atoms with Gasteiger partial charge >= 0.3 is 5.97 Å². The Kier molecular flexibility index (Phi) is 2.31. The molecule has 4 heteroatoms. The van der Waals surface area contributed by atoms with Crippen molar-refractivity contribution in [2.75, 3.05) is 0 Å². The number of aryl methyl sites for hydroxylation is 1. The van der Waals surface area contributed by atoms with Crippen molar-refractivity contribution in [3.8, 4) is 5.88 Å². The number of pyridine rings is 1. The van der Waals surface area contributed by atoms with Crippen LogP contribution in [0.15, 0.2) is 16.7 Å². The molecule has 0 N–H and O–H groups in total. The average molecular weight is 242 g/mol. The molecule has 0 aliphatic carbocycles. The molecule has 0 unspecified atom stereocenters. The van der Waals surface area contributed by atoms with Crippen LogP contribution in [0.1, 0.15) is 18.4 Å². The molecule has 0 aromatic carbocycles. The number of fused-ring (bicyclic) bond motifs is 1. The molecular formula is C9H8BrNO2. The van der Waals surface area contributed by atoms with Gasteiger partial charge in [0.2, 0.25) is 5.88 Å². The number of nitrogens with zero attached hydrogens (tertiary/aromatic N) is 1. The second-order valence-corrected chi connectivity index (χ2v) is 3.86. The smallest absolute Gasteiger partial charge is 0.312 e. The molecule has 1 aliphatic rings. The Hall–Kier alpha value is -0.900. The lowest BCUT2D eigenvalue weighted by Crippen LogP contribution is -2.06. The van der Waals surface area contributed by atoms with E-state index < -0.39 is 0 Å². The van der Waals surface area contributed by atoms with E-state index in [1.807, 2.05) is 6.07 Å². The second-order valence-electron chi connectivity index (χ2n) is 2.95. The van der Waals surface area contributed by atoms with E-state index in [9.17, 15) is 4.79 Å². The van der Waals surface area contributed by atoms with Gasteiger partial charge in [-0.3, -0.25) is 4.79 Å². The highest BCUT2D eigenvalue weighted by Gasteiger charge is 2.15. The highest BCUT2D eigenvalue weighted by Crippen LogP contribution is 2.24. The minimum absolute atomic E-state index is 0.187. The molecule has 68 valence electrons. The lowest BCUT2D eigenvalue weighted by Gasteiger charge is -2.03. The fraction of sp³-hybridized carbons (Fsp3) is 0.333. The molecule has 1 aromatic rings. The van der Waals surface area contributed by atoms with Crippen molar-refractivity contribution in [3.05, 3.63) is 22.3 Å². The highest BCUT2D eigenvalue weighted by molar-refractivity contribution is 9.10. The zero-order valence-corrected chi connectivity index (χ0v) is 8.50. The quantitative estimate of drug-likeness (QED) is 0.654. The monoisotopic (exact) mass is 241 g/mol. The van der Waals surface area contributed by atoms with E-state index in [0.29, 0.717) is 12.3 Å². The van der Waals surface area contributed by atoms with Gasteiger partial charge in [0, 0.05) is 22.7 Å². The summed E-state index contributed by atoms with van der Waals surface area (Å²) in [6.07, 6.45) is 3.81. The van der Waals surface area contributed by atoms with Gasteiger partial charge in [0.15, 0.2) is 0 Å². The van der Waals surface area contributed by atoms with Gasteiger partial charge in [-0.1, -0.05) is 0 Å². The summed E-state index contributed by atoms with van der Waals surface area (Å²) in [7, 11) is 0. The van der Waals surface area contributed by atoms with Crippen LogP contribution in [0.4, 0.5) is 0 Å². The van der Waals surface area contributed by atoms with Crippen LogP contribution in [-0.2, 0) is 11.2 Å². The summed E-state index contributed by atoms with van der Waals surface area (Å²) in [5.74, 6) is 0.277. The third-order valence-corrected chi connectivity index (χ3v) is 2.36. The van der Waals surface area contributed by atoms with Crippen molar-refractivity contribution in [1.82, 2.24) is 4.98 Å². The van der Waals surface area contributed by atoms with E-state index in [0.717, 1.165) is 22.9 Å². The molecule has 2 heterocycles. The molecule has 0 saturated carbocycles. The minimum atomic E-state index is -0.187. The topological polar surface area (TPSA) is 39.2 Å². The summed E-state index contributed by atoms with van der Waals surface area (Å²) >= 11 is 3.33. The highest BCUT2D eigenvalue weighted by atomic mass is 79.9. The number of hydrogen-bond acceptors (Lipinski definition) is 3. The molecule has 0 saturated heterocycles. The van der Waals surface area contributed by atoms with Gasteiger partial charge in [-0.25, -0.2) is 4.98 Å². The molecule has 1 aromatic heterocycles. The Morgan fingerprint density at radius 3 is 3.15 bits per heavy atom. The van der Waals surface area contributed by atoms with Crippen molar-refractivity contribution in [1.29, 1.82) is 0 Å². The summed E-state index contributed by atoms with van der Waals surface area (Å²) in [6.45, 7) is 0. The van der Waals surface area contributed by atoms with Gasteiger partial charge in [0.25, 0.3) is 0 Å². The molecule has 1 aliphatic heterocycles. The maximum absolute atomic E-state index is 11.1. The van der Waals surface area contributed by atoms with Crippen molar-refractivity contribution in [2.24, 2.45) is 0 Å². The summed E-state index contributed by atoms with van der Waals surface area (Å²) in [5.41, 5.74) is 1.00. The Bertz CT molecular complexity index is 351. The fourth-order valence-corrected chi connectivity index (χ4v) is 1.70. The Balaban J connectivity index is 2.40. The first-order valence-corrected chi connectivity index (χ1v) is 4.90. The van der Waals surface area contributed by atoms with Gasteiger partial charge in [-0.2, -0.15) is 0 Å². The molecule has 0 amide bonds. The van der Waals surface area contributed by atoms with Crippen LogP contribution in [0.25, 0.3) is 0 Å². The van der Waals surface area contributed by atoms with E-state index in [-0.39, 0.29) is 5.97 Å². The predicted molar refractivity (Wildman–Crippen MR) is 50.5 cm³/mol. The normalized spacial score (nSPS) is 15.9. The molecule has 0 bridgehead atoms. The first kappa shape index (κ1) is 8.69. The zero-order chi connectivity index (χ0) is 9.26. The van der Waals surface area contributed by atoms with E-state index in [1.54, 1.807) is 6.20 Å². The average Bonchev–Trinajstić information content (AvgIpc) is 2.25. The number of aromatic nitrogens is 1. The Morgan fingerprint density at radius 1 is 1.46 bits per heavy atom. The van der Waals surface area contributed by atoms with E-state index in [4.69, 9.17) is 4.74 Å². The van der Waals surface area contributed by atoms with Crippen LogP contribution in [0, 0.1) is 0 Å². The van der Waals surface area contributed by atoms with Crippen LogP contribution in [0.5, 0.6) is 5.88 Å². The van der Waals surface area contributed by atoms with Crippen molar-refractivity contribution in [3.63, 3.8) is 0 Å². The molecule has 3 nitrogen and oxygen atoms in total. The fourth-order valence-electron chi connectivity index (χ4n) is 1.32. The number of ether oxygens (including phenoxy) is 1. The molecule has 0 spiro atoms. The van der Waals surface area contributed by atoms with Crippen LogP contribution in [0.3, 0.4) is 0 Å². The van der Waals surface area contributed by atoms with Gasteiger partial charge in [0.05, 0.1) is 0 Å². The summed E-state index contributed by atoms with van der Waals surface area (Å²) in [4.78, 5) is 15.1. The molecule has 0 fully saturated rings.